The van der Waals surface area contributed by atoms with E-state index in [0.717, 1.165) is 56.1 Å². The van der Waals surface area contributed by atoms with Gasteiger partial charge in [0.25, 0.3) is 0 Å². The number of hydrogen-bond acceptors (Lipinski definition) is 4. The second-order valence-corrected chi connectivity index (χ2v) is 4.98. The van der Waals surface area contributed by atoms with E-state index < -0.39 is 0 Å². The van der Waals surface area contributed by atoms with E-state index in [1.54, 1.807) is 0 Å². The molecule has 0 fully saturated rings. The van der Waals surface area contributed by atoms with Crippen LogP contribution in [0.15, 0.2) is 30.3 Å². The summed E-state index contributed by atoms with van der Waals surface area (Å²) in [7, 11) is 0. The summed E-state index contributed by atoms with van der Waals surface area (Å²) in [5, 5.41) is 14.5. The normalized spacial score (nSPS) is 10.9. The van der Waals surface area contributed by atoms with Crippen molar-refractivity contribution in [2.45, 2.75) is 32.7 Å². The topological polar surface area (TPSA) is 62.8 Å². The smallest absolute Gasteiger partial charge is 0.117 e. The zero-order valence-electron chi connectivity index (χ0n) is 12.6. The molecule has 0 atom stereocenters. The number of rotatable bonds is 10. The fraction of sp³-hybridized carbons (Fsp3) is 0.500. The molecule has 0 amide bonds. The molecule has 0 spiro atoms. The molecule has 0 aliphatic rings. The third-order valence-electron chi connectivity index (χ3n) is 3.24. The highest BCUT2D eigenvalue weighted by atomic mass is 16.5. The van der Waals surface area contributed by atoms with Gasteiger partial charge >= 0.3 is 0 Å². The van der Waals surface area contributed by atoms with Crippen LogP contribution < -0.4 is 5.32 Å². The van der Waals surface area contributed by atoms with Gasteiger partial charge in [0, 0.05) is 25.3 Å². The summed E-state index contributed by atoms with van der Waals surface area (Å²) < 4.78 is 5.53. The van der Waals surface area contributed by atoms with Gasteiger partial charge in [-0.2, -0.15) is 15.4 Å². The first-order valence-electron chi connectivity index (χ1n) is 7.65. The van der Waals surface area contributed by atoms with E-state index >= 15 is 0 Å². The lowest BCUT2D eigenvalue weighted by Crippen LogP contribution is -2.17. The minimum absolute atomic E-state index is 0.718. The molecule has 5 heteroatoms. The largest absolute Gasteiger partial charge is 0.381 e. The SMILES string of the molecule is CCCCOCCCNCc1n[nH]nc1-c1ccccc1. The predicted octanol–water partition coefficient (Wildman–Crippen LogP) is 2.77. The van der Waals surface area contributed by atoms with Gasteiger partial charge in [0.15, 0.2) is 0 Å². The second-order valence-electron chi connectivity index (χ2n) is 4.98. The molecule has 0 unspecified atom stereocenters. The third-order valence-corrected chi connectivity index (χ3v) is 3.24. The molecule has 0 bridgehead atoms. The van der Waals surface area contributed by atoms with E-state index in [4.69, 9.17) is 4.74 Å². The molecule has 114 valence electrons. The van der Waals surface area contributed by atoms with Crippen molar-refractivity contribution < 1.29 is 4.74 Å². The molecule has 2 N–H and O–H groups in total. The summed E-state index contributed by atoms with van der Waals surface area (Å²) in [6.45, 7) is 5.51. The summed E-state index contributed by atoms with van der Waals surface area (Å²) in [5.41, 5.74) is 2.96. The van der Waals surface area contributed by atoms with Crippen molar-refractivity contribution in [1.82, 2.24) is 20.7 Å². The number of aromatic amines is 1. The molecular weight excluding hydrogens is 264 g/mol. The van der Waals surface area contributed by atoms with E-state index in [-0.39, 0.29) is 0 Å². The minimum atomic E-state index is 0.718. The molecule has 21 heavy (non-hydrogen) atoms. The highest BCUT2D eigenvalue weighted by Crippen LogP contribution is 2.18. The van der Waals surface area contributed by atoms with E-state index in [9.17, 15) is 0 Å². The molecule has 0 radical (unpaired) electrons. The van der Waals surface area contributed by atoms with Crippen LogP contribution in [0.5, 0.6) is 0 Å². The lowest BCUT2D eigenvalue weighted by Gasteiger charge is -2.05. The summed E-state index contributed by atoms with van der Waals surface area (Å²) in [6.07, 6.45) is 3.35. The second kappa shape index (κ2) is 9.26. The van der Waals surface area contributed by atoms with Crippen molar-refractivity contribution in [2.24, 2.45) is 0 Å². The Balaban J connectivity index is 1.69. The summed E-state index contributed by atoms with van der Waals surface area (Å²) in [5.74, 6) is 0. The quantitative estimate of drug-likeness (QED) is 0.660. The van der Waals surface area contributed by atoms with Crippen molar-refractivity contribution in [1.29, 1.82) is 0 Å². The van der Waals surface area contributed by atoms with Gasteiger partial charge in [-0.3, -0.25) is 0 Å². The Morgan fingerprint density at radius 2 is 1.90 bits per heavy atom. The van der Waals surface area contributed by atoms with Gasteiger partial charge in [-0.25, -0.2) is 0 Å². The van der Waals surface area contributed by atoms with E-state index in [1.165, 1.54) is 6.42 Å². The fourth-order valence-electron chi connectivity index (χ4n) is 2.06. The van der Waals surface area contributed by atoms with Gasteiger partial charge in [0.1, 0.15) is 11.4 Å². The molecule has 0 aliphatic carbocycles. The first kappa shape index (κ1) is 15.7. The van der Waals surface area contributed by atoms with Crippen molar-refractivity contribution in [3.63, 3.8) is 0 Å². The van der Waals surface area contributed by atoms with Gasteiger partial charge in [0.2, 0.25) is 0 Å². The summed E-state index contributed by atoms with van der Waals surface area (Å²) >= 11 is 0. The Bertz CT molecular complexity index is 498. The Labute approximate surface area is 126 Å². The number of unbranched alkanes of at least 4 members (excludes halogenated alkanes) is 1. The maximum absolute atomic E-state index is 5.53. The maximum Gasteiger partial charge on any atom is 0.117 e. The molecule has 2 rings (SSSR count). The van der Waals surface area contributed by atoms with Crippen LogP contribution in [0.25, 0.3) is 11.3 Å². The van der Waals surface area contributed by atoms with Crippen molar-refractivity contribution in [3.8, 4) is 11.3 Å². The Morgan fingerprint density at radius 1 is 1.10 bits per heavy atom. The lowest BCUT2D eigenvalue weighted by atomic mass is 10.1. The summed E-state index contributed by atoms with van der Waals surface area (Å²) in [4.78, 5) is 0. The number of benzene rings is 1. The van der Waals surface area contributed by atoms with Crippen molar-refractivity contribution >= 4 is 0 Å². The van der Waals surface area contributed by atoms with Crippen LogP contribution >= 0.6 is 0 Å². The average Bonchev–Trinajstić information content (AvgIpc) is 2.99. The zero-order chi connectivity index (χ0) is 14.8. The summed E-state index contributed by atoms with van der Waals surface area (Å²) in [6, 6.07) is 10.1. The van der Waals surface area contributed by atoms with Gasteiger partial charge in [-0.05, 0) is 19.4 Å². The number of H-pyrrole nitrogens is 1. The van der Waals surface area contributed by atoms with E-state index in [2.05, 4.69) is 27.7 Å². The maximum atomic E-state index is 5.53. The first-order chi connectivity index (χ1) is 10.4. The molecule has 2 aromatic rings. The Morgan fingerprint density at radius 3 is 2.71 bits per heavy atom. The number of nitrogens with zero attached hydrogens (tertiary/aromatic N) is 2. The molecule has 0 aliphatic heterocycles. The molecule has 0 saturated carbocycles. The molecule has 5 nitrogen and oxygen atoms in total. The Hall–Kier alpha value is -1.72. The van der Waals surface area contributed by atoms with Crippen LogP contribution in [-0.2, 0) is 11.3 Å². The lowest BCUT2D eigenvalue weighted by molar-refractivity contribution is 0.128. The van der Waals surface area contributed by atoms with Crippen LogP contribution in [0.1, 0.15) is 31.9 Å². The molecule has 1 aromatic heterocycles. The molecule has 0 saturated heterocycles. The highest BCUT2D eigenvalue weighted by molar-refractivity contribution is 5.60. The van der Waals surface area contributed by atoms with E-state index in [0.29, 0.717) is 0 Å². The van der Waals surface area contributed by atoms with Crippen LogP contribution in [-0.4, -0.2) is 35.2 Å². The van der Waals surface area contributed by atoms with Crippen molar-refractivity contribution in [2.75, 3.05) is 19.8 Å². The first-order valence-corrected chi connectivity index (χ1v) is 7.65. The monoisotopic (exact) mass is 288 g/mol. The third kappa shape index (κ3) is 5.28. The number of hydrogen-bond donors (Lipinski definition) is 2. The highest BCUT2D eigenvalue weighted by Gasteiger charge is 2.08. The van der Waals surface area contributed by atoms with Crippen LogP contribution in [0.3, 0.4) is 0 Å². The van der Waals surface area contributed by atoms with Gasteiger partial charge in [-0.15, -0.1) is 0 Å². The number of nitrogens with one attached hydrogen (secondary N) is 2. The zero-order valence-corrected chi connectivity index (χ0v) is 12.6. The average molecular weight is 288 g/mol. The number of ether oxygens (including phenoxy) is 1. The van der Waals surface area contributed by atoms with Gasteiger partial charge in [0.05, 0.1) is 0 Å². The Kier molecular flexibility index (Phi) is 6.91. The van der Waals surface area contributed by atoms with E-state index in [1.807, 2.05) is 30.3 Å². The molecular formula is C16H24N4O. The standard InChI is InChI=1S/C16H24N4O/c1-2-3-11-21-12-7-10-17-13-15-16(19-20-18-15)14-8-5-4-6-9-14/h4-6,8-9,17H,2-3,7,10-13H2,1H3,(H,18,19,20). The number of aromatic nitrogens is 3. The van der Waals surface area contributed by atoms with Crippen LogP contribution in [0.4, 0.5) is 0 Å². The van der Waals surface area contributed by atoms with Crippen LogP contribution in [0, 0.1) is 0 Å². The predicted molar refractivity (Wildman–Crippen MR) is 83.9 cm³/mol. The van der Waals surface area contributed by atoms with Crippen LogP contribution in [0.2, 0.25) is 0 Å². The van der Waals surface area contributed by atoms with Gasteiger partial charge in [-0.1, -0.05) is 43.7 Å². The van der Waals surface area contributed by atoms with Crippen molar-refractivity contribution in [3.05, 3.63) is 36.0 Å². The molecule has 1 aromatic carbocycles. The van der Waals surface area contributed by atoms with Gasteiger partial charge < -0.3 is 10.1 Å². The molecule has 1 heterocycles. The fourth-order valence-corrected chi connectivity index (χ4v) is 2.06. The minimum Gasteiger partial charge on any atom is -0.381 e.